The van der Waals surface area contributed by atoms with E-state index in [1.807, 2.05) is 17.9 Å². The highest BCUT2D eigenvalue weighted by atomic mass is 16.5. The second-order valence-electron chi connectivity index (χ2n) is 5.29. The van der Waals surface area contributed by atoms with Crippen molar-refractivity contribution in [2.45, 2.75) is 52.4 Å². The first kappa shape index (κ1) is 21.2. The number of rotatable bonds is 13. The second kappa shape index (κ2) is 15.1. The number of likely N-dealkylation sites (N-methyl/N-ethyl adjacent to an activating group) is 1. The molecule has 0 rings (SSSR count). The van der Waals surface area contributed by atoms with Crippen LogP contribution in [0, 0.1) is 11.3 Å². The maximum absolute atomic E-state index is 11.8. The number of nitrogens with zero attached hydrogens (tertiary/aromatic N) is 2. The van der Waals surface area contributed by atoms with Gasteiger partial charge in [-0.15, -0.1) is 0 Å². The molecule has 0 bridgehead atoms. The third kappa shape index (κ3) is 11.4. The minimum absolute atomic E-state index is 0.00714. The monoisotopic (exact) mass is 322 g/mol. The van der Waals surface area contributed by atoms with Crippen LogP contribution in [0.5, 0.6) is 0 Å². The largest absolute Gasteiger partial charge is 0.462 e. The van der Waals surface area contributed by atoms with Crippen molar-refractivity contribution < 1.29 is 14.6 Å². The van der Waals surface area contributed by atoms with Gasteiger partial charge in [-0.05, 0) is 31.7 Å². The molecule has 0 aliphatic rings. The van der Waals surface area contributed by atoms with Crippen molar-refractivity contribution in [3.05, 3.63) is 23.9 Å². The van der Waals surface area contributed by atoms with E-state index in [-0.39, 0.29) is 12.2 Å². The SMILES string of the molecule is CCCCCCCCOC(=O)/C(C#N)=C/C=C/N(CC)CCO. The van der Waals surface area contributed by atoms with Crippen LogP contribution in [0.3, 0.4) is 0 Å². The molecule has 5 nitrogen and oxygen atoms in total. The number of aliphatic hydroxyl groups excluding tert-OH is 1. The molecule has 0 amide bonds. The van der Waals surface area contributed by atoms with Gasteiger partial charge in [0.25, 0.3) is 0 Å². The Kier molecular flexibility index (Phi) is 13.9. The highest BCUT2D eigenvalue weighted by Crippen LogP contribution is 2.06. The van der Waals surface area contributed by atoms with E-state index in [1.165, 1.54) is 25.3 Å². The first-order chi connectivity index (χ1) is 11.2. The van der Waals surface area contributed by atoms with Crippen LogP contribution in [0.4, 0.5) is 0 Å². The molecule has 23 heavy (non-hydrogen) atoms. The van der Waals surface area contributed by atoms with Crippen LogP contribution < -0.4 is 0 Å². The zero-order valence-corrected chi connectivity index (χ0v) is 14.5. The van der Waals surface area contributed by atoms with E-state index in [4.69, 9.17) is 15.1 Å². The van der Waals surface area contributed by atoms with Crippen LogP contribution >= 0.6 is 0 Å². The first-order valence-corrected chi connectivity index (χ1v) is 8.50. The van der Waals surface area contributed by atoms with Gasteiger partial charge in [0, 0.05) is 13.1 Å². The number of ether oxygens (including phenoxy) is 1. The molecular weight excluding hydrogens is 292 g/mol. The van der Waals surface area contributed by atoms with Crippen LogP contribution in [0.15, 0.2) is 23.9 Å². The average Bonchev–Trinajstić information content (AvgIpc) is 2.56. The zero-order valence-electron chi connectivity index (χ0n) is 14.5. The van der Waals surface area contributed by atoms with Crippen LogP contribution in [-0.4, -0.2) is 42.3 Å². The van der Waals surface area contributed by atoms with Crippen LogP contribution in [0.2, 0.25) is 0 Å². The molecule has 0 aliphatic heterocycles. The Morgan fingerprint density at radius 1 is 1.22 bits per heavy atom. The molecule has 1 N–H and O–H groups in total. The smallest absolute Gasteiger partial charge is 0.348 e. The number of carbonyl (C=O) groups is 1. The Balaban J connectivity index is 4.13. The Hall–Kier alpha value is -1.80. The average molecular weight is 322 g/mol. The van der Waals surface area contributed by atoms with Gasteiger partial charge >= 0.3 is 5.97 Å². The van der Waals surface area contributed by atoms with E-state index in [9.17, 15) is 4.79 Å². The van der Waals surface area contributed by atoms with Crippen molar-refractivity contribution in [2.24, 2.45) is 0 Å². The molecule has 0 atom stereocenters. The predicted molar refractivity (Wildman–Crippen MR) is 91.5 cm³/mol. The van der Waals surface area contributed by atoms with E-state index in [2.05, 4.69) is 6.92 Å². The predicted octanol–water partition coefficient (Wildman–Crippen LogP) is 3.17. The van der Waals surface area contributed by atoms with Gasteiger partial charge in [0.1, 0.15) is 11.6 Å². The molecule has 0 aromatic rings. The Labute approximate surface area is 140 Å². The van der Waals surface area contributed by atoms with Crippen molar-refractivity contribution in [1.82, 2.24) is 4.90 Å². The summed E-state index contributed by atoms with van der Waals surface area (Å²) >= 11 is 0. The molecule has 5 heteroatoms. The third-order valence-corrected chi connectivity index (χ3v) is 3.42. The number of esters is 1. The van der Waals surface area contributed by atoms with Gasteiger partial charge < -0.3 is 14.7 Å². The summed E-state index contributed by atoms with van der Waals surface area (Å²) in [5, 5.41) is 17.9. The molecule has 0 aromatic heterocycles. The van der Waals surface area contributed by atoms with Gasteiger partial charge in [-0.2, -0.15) is 5.26 Å². The lowest BCUT2D eigenvalue weighted by Gasteiger charge is -2.15. The molecule has 0 saturated carbocycles. The topological polar surface area (TPSA) is 73.6 Å². The van der Waals surface area contributed by atoms with Gasteiger partial charge in [0.05, 0.1) is 13.2 Å². The summed E-state index contributed by atoms with van der Waals surface area (Å²) < 4.78 is 5.12. The van der Waals surface area contributed by atoms with Crippen molar-refractivity contribution in [3.63, 3.8) is 0 Å². The van der Waals surface area contributed by atoms with Gasteiger partial charge in [0.15, 0.2) is 0 Å². The number of aliphatic hydroxyl groups is 1. The third-order valence-electron chi connectivity index (χ3n) is 3.42. The molecule has 0 aliphatic carbocycles. The van der Waals surface area contributed by atoms with E-state index in [0.717, 1.165) is 25.8 Å². The lowest BCUT2D eigenvalue weighted by molar-refractivity contribution is -0.138. The highest BCUT2D eigenvalue weighted by molar-refractivity contribution is 5.93. The number of carbonyl (C=O) groups excluding carboxylic acids is 1. The minimum Gasteiger partial charge on any atom is -0.462 e. The van der Waals surface area contributed by atoms with Crippen molar-refractivity contribution in [2.75, 3.05) is 26.3 Å². The molecule has 0 radical (unpaired) electrons. The maximum atomic E-state index is 11.8. The van der Waals surface area contributed by atoms with Crippen molar-refractivity contribution in [3.8, 4) is 6.07 Å². The number of nitriles is 1. The van der Waals surface area contributed by atoms with Gasteiger partial charge in [0.2, 0.25) is 0 Å². The Morgan fingerprint density at radius 3 is 2.52 bits per heavy atom. The molecule has 0 saturated heterocycles. The maximum Gasteiger partial charge on any atom is 0.348 e. The highest BCUT2D eigenvalue weighted by Gasteiger charge is 2.09. The summed E-state index contributed by atoms with van der Waals surface area (Å²) in [6, 6.07) is 1.86. The molecule has 0 heterocycles. The van der Waals surface area contributed by atoms with Crippen molar-refractivity contribution in [1.29, 1.82) is 5.26 Å². The molecule has 130 valence electrons. The lowest BCUT2D eigenvalue weighted by Crippen LogP contribution is -2.20. The number of hydrogen-bond acceptors (Lipinski definition) is 5. The Morgan fingerprint density at radius 2 is 1.91 bits per heavy atom. The molecule has 0 spiro atoms. The summed E-state index contributed by atoms with van der Waals surface area (Å²) in [5.41, 5.74) is -0.00714. The van der Waals surface area contributed by atoms with E-state index < -0.39 is 5.97 Å². The summed E-state index contributed by atoms with van der Waals surface area (Å²) in [6.45, 7) is 5.83. The Bertz CT molecular complexity index is 411. The van der Waals surface area contributed by atoms with Crippen LogP contribution in [0.25, 0.3) is 0 Å². The summed E-state index contributed by atoms with van der Waals surface area (Å²) in [7, 11) is 0. The van der Waals surface area contributed by atoms with Gasteiger partial charge in [-0.3, -0.25) is 0 Å². The quantitative estimate of drug-likeness (QED) is 0.185. The van der Waals surface area contributed by atoms with Gasteiger partial charge in [-0.25, -0.2) is 4.79 Å². The lowest BCUT2D eigenvalue weighted by atomic mass is 10.1. The zero-order chi connectivity index (χ0) is 17.3. The standard InChI is InChI=1S/C18H30N2O3/c1-3-5-6-7-8-9-15-23-18(22)17(16-19)11-10-12-20(4-2)13-14-21/h10-12,21H,3-9,13-15H2,1-2H3/b12-10+,17-11+. The van der Waals surface area contributed by atoms with E-state index >= 15 is 0 Å². The van der Waals surface area contributed by atoms with Crippen LogP contribution in [0.1, 0.15) is 52.4 Å². The molecule has 0 unspecified atom stereocenters. The van der Waals surface area contributed by atoms with E-state index in [0.29, 0.717) is 13.2 Å². The summed E-state index contributed by atoms with van der Waals surface area (Å²) in [6.07, 6.45) is 11.6. The summed E-state index contributed by atoms with van der Waals surface area (Å²) in [4.78, 5) is 13.7. The van der Waals surface area contributed by atoms with Crippen molar-refractivity contribution >= 4 is 5.97 Å². The molecular formula is C18H30N2O3. The summed E-state index contributed by atoms with van der Waals surface area (Å²) in [5.74, 6) is -0.573. The van der Waals surface area contributed by atoms with Crippen LogP contribution in [-0.2, 0) is 9.53 Å². The first-order valence-electron chi connectivity index (χ1n) is 8.50. The molecule has 0 fully saturated rings. The fraction of sp³-hybridized carbons (Fsp3) is 0.667. The number of unbranched alkanes of at least 4 members (excludes halogenated alkanes) is 5. The van der Waals surface area contributed by atoms with Gasteiger partial charge in [-0.1, -0.05) is 39.0 Å². The number of hydrogen-bond donors (Lipinski definition) is 1. The fourth-order valence-electron chi connectivity index (χ4n) is 2.00. The van der Waals surface area contributed by atoms with E-state index in [1.54, 1.807) is 12.3 Å². The number of allylic oxidation sites excluding steroid dienone is 2. The minimum atomic E-state index is -0.573. The molecule has 0 aromatic carbocycles. The fourth-order valence-corrected chi connectivity index (χ4v) is 2.00. The normalized spacial score (nSPS) is 11.5. The second-order valence-corrected chi connectivity index (χ2v) is 5.29.